The van der Waals surface area contributed by atoms with Crippen LogP contribution in [-0.4, -0.2) is 36.5 Å². The van der Waals surface area contributed by atoms with Gasteiger partial charge in [0.1, 0.15) is 11.5 Å². The molecular formula is C14H19F2N3O2. The number of benzene rings is 1. The zero-order chi connectivity index (χ0) is 15.6. The van der Waals surface area contributed by atoms with Gasteiger partial charge in [-0.25, -0.2) is 4.39 Å². The van der Waals surface area contributed by atoms with Gasteiger partial charge in [0.05, 0.1) is 4.92 Å². The van der Waals surface area contributed by atoms with Crippen molar-refractivity contribution >= 4 is 11.4 Å². The number of piperidine rings is 1. The molecule has 0 bridgehead atoms. The molecule has 1 aliphatic rings. The number of hydrogen-bond donors (Lipinski definition) is 1. The van der Waals surface area contributed by atoms with Crippen LogP contribution in [0.2, 0.25) is 0 Å². The second-order valence-electron chi connectivity index (χ2n) is 6.01. The summed E-state index contributed by atoms with van der Waals surface area (Å²) >= 11 is 0. The number of halogens is 2. The monoisotopic (exact) mass is 299 g/mol. The van der Waals surface area contributed by atoms with E-state index in [2.05, 4.69) is 17.1 Å². The van der Waals surface area contributed by atoms with Crippen LogP contribution in [0.25, 0.3) is 0 Å². The summed E-state index contributed by atoms with van der Waals surface area (Å²) < 4.78 is 26.8. The van der Waals surface area contributed by atoms with Crippen molar-refractivity contribution in [1.82, 2.24) is 4.90 Å². The SMILES string of the molecule is CN1CCC(C)(CNc2cc(F)cc(F)c2[N+](=O)[O-])CC1. The van der Waals surface area contributed by atoms with Gasteiger partial charge < -0.3 is 10.2 Å². The lowest BCUT2D eigenvalue weighted by molar-refractivity contribution is -0.386. The van der Waals surface area contributed by atoms with Gasteiger partial charge in [-0.3, -0.25) is 10.1 Å². The molecule has 1 N–H and O–H groups in total. The van der Waals surface area contributed by atoms with Crippen molar-refractivity contribution in [3.63, 3.8) is 0 Å². The van der Waals surface area contributed by atoms with E-state index in [9.17, 15) is 18.9 Å². The van der Waals surface area contributed by atoms with Crippen LogP contribution in [0.4, 0.5) is 20.2 Å². The zero-order valence-electron chi connectivity index (χ0n) is 12.2. The van der Waals surface area contributed by atoms with Gasteiger partial charge in [-0.2, -0.15) is 4.39 Å². The highest BCUT2D eigenvalue weighted by atomic mass is 19.1. The standard InChI is InChI=1S/C14H19F2N3O2/c1-14(3-5-18(2)6-4-14)9-17-12-8-10(15)7-11(16)13(12)19(20)21/h7-8,17H,3-6,9H2,1-2H3. The third kappa shape index (κ3) is 3.66. The van der Waals surface area contributed by atoms with Crippen LogP contribution < -0.4 is 5.32 Å². The van der Waals surface area contributed by atoms with E-state index in [0.29, 0.717) is 12.6 Å². The molecule has 1 saturated heterocycles. The Bertz CT molecular complexity index is 543. The maximum Gasteiger partial charge on any atom is 0.327 e. The first-order chi connectivity index (χ1) is 9.81. The van der Waals surface area contributed by atoms with Gasteiger partial charge in [0.25, 0.3) is 0 Å². The van der Waals surface area contributed by atoms with E-state index in [1.165, 1.54) is 0 Å². The lowest BCUT2D eigenvalue weighted by Crippen LogP contribution is -2.40. The number of nitrogens with one attached hydrogen (secondary N) is 1. The van der Waals surface area contributed by atoms with Gasteiger partial charge in [0, 0.05) is 18.7 Å². The Morgan fingerprint density at radius 1 is 1.38 bits per heavy atom. The molecular weight excluding hydrogens is 280 g/mol. The molecule has 5 nitrogen and oxygen atoms in total. The van der Waals surface area contributed by atoms with Crippen LogP contribution in [0.3, 0.4) is 0 Å². The molecule has 7 heteroatoms. The van der Waals surface area contributed by atoms with Crippen LogP contribution in [0, 0.1) is 27.2 Å². The van der Waals surface area contributed by atoms with Crippen molar-refractivity contribution in [1.29, 1.82) is 0 Å². The van der Waals surface area contributed by atoms with E-state index in [0.717, 1.165) is 32.0 Å². The molecule has 0 unspecified atom stereocenters. The van der Waals surface area contributed by atoms with Crippen molar-refractivity contribution < 1.29 is 13.7 Å². The molecule has 0 amide bonds. The van der Waals surface area contributed by atoms with Gasteiger partial charge in [-0.05, 0) is 38.4 Å². The minimum atomic E-state index is -1.16. The minimum Gasteiger partial charge on any atom is -0.379 e. The summed E-state index contributed by atoms with van der Waals surface area (Å²) in [5.74, 6) is -1.98. The molecule has 0 aromatic heterocycles. The Labute approximate surface area is 122 Å². The Kier molecular flexibility index (Phi) is 4.41. The van der Waals surface area contributed by atoms with Crippen molar-refractivity contribution in [3.05, 3.63) is 33.9 Å². The lowest BCUT2D eigenvalue weighted by Gasteiger charge is -2.38. The summed E-state index contributed by atoms with van der Waals surface area (Å²) in [4.78, 5) is 12.3. The molecule has 0 saturated carbocycles. The summed E-state index contributed by atoms with van der Waals surface area (Å²) in [7, 11) is 2.04. The molecule has 0 atom stereocenters. The number of rotatable bonds is 4. The fraction of sp³-hybridized carbons (Fsp3) is 0.571. The highest BCUT2D eigenvalue weighted by molar-refractivity contribution is 5.62. The van der Waals surface area contributed by atoms with Crippen LogP contribution in [0.15, 0.2) is 12.1 Å². The molecule has 2 rings (SSSR count). The molecule has 1 aromatic rings. The maximum absolute atomic E-state index is 13.5. The lowest BCUT2D eigenvalue weighted by atomic mass is 9.80. The third-order valence-electron chi connectivity index (χ3n) is 4.11. The molecule has 1 fully saturated rings. The van der Waals surface area contributed by atoms with E-state index >= 15 is 0 Å². The van der Waals surface area contributed by atoms with Gasteiger partial charge in [0.15, 0.2) is 0 Å². The van der Waals surface area contributed by atoms with Crippen LogP contribution in [0.1, 0.15) is 19.8 Å². The van der Waals surface area contributed by atoms with E-state index in [1.54, 1.807) is 0 Å². The molecule has 1 aliphatic heterocycles. The van der Waals surface area contributed by atoms with Crippen LogP contribution >= 0.6 is 0 Å². The van der Waals surface area contributed by atoms with E-state index in [-0.39, 0.29) is 11.1 Å². The van der Waals surface area contributed by atoms with Crippen molar-refractivity contribution in [3.8, 4) is 0 Å². The maximum atomic E-state index is 13.5. The van der Waals surface area contributed by atoms with E-state index in [4.69, 9.17) is 0 Å². The molecule has 21 heavy (non-hydrogen) atoms. The quantitative estimate of drug-likeness (QED) is 0.686. The third-order valence-corrected chi connectivity index (χ3v) is 4.11. The minimum absolute atomic E-state index is 0.0385. The fourth-order valence-electron chi connectivity index (χ4n) is 2.53. The zero-order valence-corrected chi connectivity index (χ0v) is 12.2. The second kappa shape index (κ2) is 5.93. The van der Waals surface area contributed by atoms with E-state index in [1.807, 2.05) is 7.05 Å². The molecule has 1 aromatic carbocycles. The first-order valence-electron chi connectivity index (χ1n) is 6.87. The number of nitro benzene ring substituents is 1. The predicted molar refractivity (Wildman–Crippen MR) is 76.3 cm³/mol. The van der Waals surface area contributed by atoms with Gasteiger partial charge in [-0.1, -0.05) is 6.92 Å². The molecule has 0 radical (unpaired) electrons. The molecule has 116 valence electrons. The normalized spacial score (nSPS) is 18.5. The number of anilines is 1. The Hall–Kier alpha value is -1.76. The highest BCUT2D eigenvalue weighted by Crippen LogP contribution is 2.33. The van der Waals surface area contributed by atoms with Gasteiger partial charge in [-0.15, -0.1) is 0 Å². The number of nitrogens with zero attached hydrogens (tertiary/aromatic N) is 2. The molecule has 1 heterocycles. The Morgan fingerprint density at radius 3 is 2.57 bits per heavy atom. The van der Waals surface area contributed by atoms with Crippen molar-refractivity contribution in [2.45, 2.75) is 19.8 Å². The topological polar surface area (TPSA) is 58.4 Å². The van der Waals surface area contributed by atoms with Gasteiger partial charge >= 0.3 is 5.69 Å². The Balaban J connectivity index is 2.14. The summed E-state index contributed by atoms with van der Waals surface area (Å²) in [6.45, 7) is 4.41. The average molecular weight is 299 g/mol. The second-order valence-corrected chi connectivity index (χ2v) is 6.01. The first kappa shape index (κ1) is 15.6. The number of likely N-dealkylation sites (tertiary alicyclic amines) is 1. The largest absolute Gasteiger partial charge is 0.379 e. The average Bonchev–Trinajstić information content (AvgIpc) is 2.39. The van der Waals surface area contributed by atoms with E-state index < -0.39 is 22.2 Å². The summed E-state index contributed by atoms with van der Waals surface area (Å²) in [6.07, 6.45) is 1.87. The number of hydrogen-bond acceptors (Lipinski definition) is 4. The van der Waals surface area contributed by atoms with Crippen LogP contribution in [-0.2, 0) is 0 Å². The van der Waals surface area contributed by atoms with Crippen molar-refractivity contribution in [2.24, 2.45) is 5.41 Å². The smallest absolute Gasteiger partial charge is 0.327 e. The highest BCUT2D eigenvalue weighted by Gasteiger charge is 2.30. The number of nitro groups is 1. The summed E-state index contributed by atoms with van der Waals surface area (Å²) in [6, 6.07) is 1.50. The summed E-state index contributed by atoms with van der Waals surface area (Å²) in [5.41, 5.74) is -0.839. The predicted octanol–water partition coefficient (Wildman–Crippen LogP) is 3.02. The van der Waals surface area contributed by atoms with Crippen molar-refractivity contribution in [2.75, 3.05) is 32.0 Å². The first-order valence-corrected chi connectivity index (χ1v) is 6.87. The van der Waals surface area contributed by atoms with Crippen LogP contribution in [0.5, 0.6) is 0 Å². The molecule has 0 aliphatic carbocycles. The summed E-state index contributed by atoms with van der Waals surface area (Å²) in [5, 5.41) is 13.8. The Morgan fingerprint density at radius 2 is 2.00 bits per heavy atom. The van der Waals surface area contributed by atoms with Gasteiger partial charge in [0.2, 0.25) is 5.82 Å². The molecule has 0 spiro atoms. The fourth-order valence-corrected chi connectivity index (χ4v) is 2.53.